The van der Waals surface area contributed by atoms with Gasteiger partial charge in [0.05, 0.1) is 29.6 Å². The molecule has 2 saturated heterocycles. The van der Waals surface area contributed by atoms with Crippen LogP contribution in [0.25, 0.3) is 28.1 Å². The highest BCUT2D eigenvalue weighted by Crippen LogP contribution is 2.46. The minimum Gasteiger partial charge on any atom is -0.394 e. The Balaban J connectivity index is 0.000000152. The molecule has 0 radical (unpaired) electrons. The van der Waals surface area contributed by atoms with Crippen LogP contribution in [0.3, 0.4) is 0 Å². The molecule has 4 aromatic rings. The smallest absolute Gasteiger partial charge is 0.167 e. The van der Waals surface area contributed by atoms with E-state index in [0.717, 1.165) is 59.3 Å². The van der Waals surface area contributed by atoms with Gasteiger partial charge in [-0.25, -0.2) is 19.9 Å². The first-order valence-corrected chi connectivity index (χ1v) is 16.4. The average Bonchev–Trinajstić information content (AvgIpc) is 3.66. The third-order valence-electron chi connectivity index (χ3n) is 10.4. The van der Waals surface area contributed by atoms with Crippen molar-refractivity contribution in [1.82, 2.24) is 29.1 Å². The van der Waals surface area contributed by atoms with Crippen molar-refractivity contribution in [1.29, 1.82) is 0 Å². The Morgan fingerprint density at radius 3 is 2.23 bits per heavy atom. The summed E-state index contributed by atoms with van der Waals surface area (Å²) in [5.41, 5.74) is 0.788. The number of anilines is 2. The maximum atomic E-state index is 11.0. The zero-order chi connectivity index (χ0) is 34.0. The molecular formula is C33H44N8O7. The molecule has 0 aliphatic carbocycles. The molecule has 9 atom stereocenters. The SMILES string of the molecule is CC[C@H]1OC(n2cc3c4c(ncnc42)NCC=C3)[C@](C)(O)[C@@H]1C.COC1CCNc2ncnc3c2c1cn3C1O[C@H](CO)[C@@H](O)[C@@]1(C)O. The fraction of sp³-hybridized carbons (Fsp3) is 0.576. The van der Waals surface area contributed by atoms with E-state index in [-0.39, 0.29) is 24.7 Å². The molecular weight excluding hydrogens is 620 g/mol. The lowest BCUT2D eigenvalue weighted by Crippen LogP contribution is -2.44. The number of aromatic nitrogens is 6. The van der Waals surface area contributed by atoms with Crippen molar-refractivity contribution in [2.24, 2.45) is 5.92 Å². The largest absolute Gasteiger partial charge is 0.394 e. The Labute approximate surface area is 277 Å². The maximum absolute atomic E-state index is 11.0. The van der Waals surface area contributed by atoms with Gasteiger partial charge in [0.25, 0.3) is 0 Å². The molecule has 48 heavy (non-hydrogen) atoms. The molecule has 0 saturated carbocycles. The second-order valence-corrected chi connectivity index (χ2v) is 13.4. The van der Waals surface area contributed by atoms with Gasteiger partial charge in [-0.2, -0.15) is 0 Å². The van der Waals surface area contributed by atoms with Crippen molar-refractivity contribution in [3.8, 4) is 0 Å². The van der Waals surface area contributed by atoms with E-state index in [4.69, 9.17) is 14.2 Å². The monoisotopic (exact) mass is 664 g/mol. The van der Waals surface area contributed by atoms with Crippen molar-refractivity contribution in [2.45, 2.75) is 88.6 Å². The second kappa shape index (κ2) is 12.3. The van der Waals surface area contributed by atoms with Gasteiger partial charge in [-0.05, 0) is 26.7 Å². The van der Waals surface area contributed by atoms with E-state index in [1.165, 1.54) is 13.3 Å². The maximum Gasteiger partial charge on any atom is 0.167 e. The molecule has 8 heterocycles. The Morgan fingerprint density at radius 1 is 0.938 bits per heavy atom. The van der Waals surface area contributed by atoms with Crippen LogP contribution in [0.15, 0.2) is 31.1 Å². The molecule has 3 unspecified atom stereocenters. The van der Waals surface area contributed by atoms with E-state index in [9.17, 15) is 20.4 Å². The highest BCUT2D eigenvalue weighted by Gasteiger charge is 2.54. The van der Waals surface area contributed by atoms with Gasteiger partial charge < -0.3 is 54.4 Å². The molecule has 15 nitrogen and oxygen atoms in total. The third kappa shape index (κ3) is 5.07. The standard InChI is InChI=1S/C17H22N4O2.C16H22N4O5/c1-4-12-10(2)17(3,22)16(23-12)21-8-11-6-5-7-18-14-13(11)15(21)20-9-19-14;1-16(23)12(22)10(6-21)25-15(16)20-5-8-9(24-2)3-4-17-13-11(8)14(20)19-7-18-13/h5-6,8-10,12,16,22H,4,7H2,1-3H3,(H,18,19,20);5,7,9-10,12,15,21-23H,3-4,6H2,1-2H3,(H,17,18,19)/t10-,12-,16?,17-;9?,10-,12-,15?,16-/m11/s1. The summed E-state index contributed by atoms with van der Waals surface area (Å²) >= 11 is 0. The predicted molar refractivity (Wildman–Crippen MR) is 177 cm³/mol. The normalized spacial score (nSPS) is 34.0. The molecule has 4 aliphatic heterocycles. The minimum absolute atomic E-state index is 0.0405. The molecule has 15 heteroatoms. The molecule has 2 fully saturated rings. The number of nitrogens with zero attached hydrogens (tertiary/aromatic N) is 6. The lowest BCUT2D eigenvalue weighted by molar-refractivity contribution is -0.0949. The lowest BCUT2D eigenvalue weighted by atomic mass is 9.87. The Bertz CT molecular complexity index is 1840. The van der Waals surface area contributed by atoms with Crippen LogP contribution in [0, 0.1) is 5.92 Å². The zero-order valence-electron chi connectivity index (χ0n) is 27.7. The molecule has 0 bridgehead atoms. The summed E-state index contributed by atoms with van der Waals surface area (Å²) in [5.74, 6) is 1.59. The summed E-state index contributed by atoms with van der Waals surface area (Å²) in [6.07, 6.45) is 9.07. The molecule has 0 aromatic carbocycles. The number of aliphatic hydroxyl groups is 4. The number of rotatable bonds is 5. The van der Waals surface area contributed by atoms with Crippen molar-refractivity contribution < 1.29 is 34.6 Å². The van der Waals surface area contributed by atoms with Crippen molar-refractivity contribution in [2.75, 3.05) is 37.4 Å². The number of nitrogens with one attached hydrogen (secondary N) is 2. The van der Waals surface area contributed by atoms with Crippen LogP contribution in [0.1, 0.15) is 70.2 Å². The quantitative estimate of drug-likeness (QED) is 0.182. The van der Waals surface area contributed by atoms with E-state index in [1.54, 1.807) is 18.0 Å². The fourth-order valence-corrected chi connectivity index (χ4v) is 7.50. The summed E-state index contributed by atoms with van der Waals surface area (Å²) in [5, 5.41) is 49.9. The van der Waals surface area contributed by atoms with Crippen LogP contribution < -0.4 is 10.6 Å². The highest BCUT2D eigenvalue weighted by atomic mass is 16.6. The van der Waals surface area contributed by atoms with Crippen molar-refractivity contribution in [3.05, 3.63) is 42.3 Å². The van der Waals surface area contributed by atoms with Crippen LogP contribution in [0.2, 0.25) is 0 Å². The van der Waals surface area contributed by atoms with Gasteiger partial charge in [0.2, 0.25) is 0 Å². The van der Waals surface area contributed by atoms with Crippen LogP contribution in [0.4, 0.5) is 11.6 Å². The average molecular weight is 665 g/mol. The fourth-order valence-electron chi connectivity index (χ4n) is 7.50. The number of hydrogen-bond donors (Lipinski definition) is 6. The van der Waals surface area contributed by atoms with Gasteiger partial charge in [0.15, 0.2) is 12.5 Å². The van der Waals surface area contributed by atoms with E-state index >= 15 is 0 Å². The molecule has 0 amide bonds. The van der Waals surface area contributed by atoms with Gasteiger partial charge in [0, 0.05) is 49.6 Å². The van der Waals surface area contributed by atoms with Gasteiger partial charge in [-0.15, -0.1) is 0 Å². The first-order chi connectivity index (χ1) is 23.0. The van der Waals surface area contributed by atoms with Crippen LogP contribution in [-0.2, 0) is 14.2 Å². The second-order valence-electron chi connectivity index (χ2n) is 13.4. The molecule has 6 N–H and O–H groups in total. The van der Waals surface area contributed by atoms with Crippen molar-refractivity contribution >= 4 is 39.8 Å². The molecule has 4 aliphatic rings. The van der Waals surface area contributed by atoms with Gasteiger partial charge >= 0.3 is 0 Å². The van der Waals surface area contributed by atoms with Gasteiger partial charge in [-0.3, -0.25) is 0 Å². The number of methoxy groups -OCH3 is 1. The highest BCUT2D eigenvalue weighted by molar-refractivity contribution is 5.96. The Kier molecular flexibility index (Phi) is 8.43. The molecule has 0 spiro atoms. The summed E-state index contributed by atoms with van der Waals surface area (Å²) in [6.45, 7) is 8.56. The number of hydrogen-bond acceptors (Lipinski definition) is 13. The van der Waals surface area contributed by atoms with E-state index in [1.807, 2.05) is 30.8 Å². The number of ether oxygens (including phenoxy) is 3. The van der Waals surface area contributed by atoms with Gasteiger partial charge in [-0.1, -0.05) is 26.0 Å². The molecule has 8 rings (SSSR count). The van der Waals surface area contributed by atoms with Crippen LogP contribution in [0.5, 0.6) is 0 Å². The molecule has 258 valence electrons. The van der Waals surface area contributed by atoms with E-state index in [2.05, 4.69) is 49.6 Å². The third-order valence-corrected chi connectivity index (χ3v) is 10.4. The minimum atomic E-state index is -1.58. The van der Waals surface area contributed by atoms with Crippen LogP contribution in [-0.4, -0.2) is 106 Å². The topological polar surface area (TPSA) is 194 Å². The predicted octanol–water partition coefficient (Wildman–Crippen LogP) is 2.50. The number of aliphatic hydroxyl groups excluding tert-OH is 2. The summed E-state index contributed by atoms with van der Waals surface area (Å²) in [6, 6.07) is 0. The first-order valence-electron chi connectivity index (χ1n) is 16.4. The first kappa shape index (κ1) is 32.8. The lowest BCUT2D eigenvalue weighted by Gasteiger charge is -2.28. The Morgan fingerprint density at radius 2 is 1.58 bits per heavy atom. The van der Waals surface area contributed by atoms with Gasteiger partial charge in [0.1, 0.15) is 59.0 Å². The van der Waals surface area contributed by atoms with E-state index in [0.29, 0.717) is 11.5 Å². The van der Waals surface area contributed by atoms with E-state index < -0.39 is 35.9 Å². The van der Waals surface area contributed by atoms with Crippen LogP contribution >= 0.6 is 0 Å². The summed E-state index contributed by atoms with van der Waals surface area (Å²) < 4.78 is 21.2. The summed E-state index contributed by atoms with van der Waals surface area (Å²) in [7, 11) is 1.65. The molecule has 4 aromatic heterocycles. The Hall–Kier alpha value is -3.70. The van der Waals surface area contributed by atoms with Crippen molar-refractivity contribution in [3.63, 3.8) is 0 Å². The zero-order valence-corrected chi connectivity index (χ0v) is 27.7. The summed E-state index contributed by atoms with van der Waals surface area (Å²) in [4.78, 5) is 17.5.